The van der Waals surface area contributed by atoms with Crippen LogP contribution in [-0.4, -0.2) is 118 Å². The van der Waals surface area contributed by atoms with E-state index in [4.69, 9.17) is 18.9 Å². The summed E-state index contributed by atoms with van der Waals surface area (Å²) < 4.78 is 29.0. The third-order valence-electron chi connectivity index (χ3n) is 19.3. The van der Waals surface area contributed by atoms with Gasteiger partial charge < -0.3 is 39.4 Å². The summed E-state index contributed by atoms with van der Waals surface area (Å²) in [6, 6.07) is 51.0. The molecule has 0 aromatic heterocycles. The number of aryl methyl sites for hydroxylation is 4. The van der Waals surface area contributed by atoms with E-state index in [1.807, 2.05) is 137 Å². The van der Waals surface area contributed by atoms with Gasteiger partial charge >= 0.3 is 0 Å². The van der Waals surface area contributed by atoms with Crippen molar-refractivity contribution in [2.24, 2.45) is 5.92 Å². The number of nitrogens with one attached hydrogen (secondary N) is 2. The van der Waals surface area contributed by atoms with E-state index < -0.39 is 53.4 Å². The summed E-state index contributed by atoms with van der Waals surface area (Å²) in [4.78, 5) is 128. The van der Waals surface area contributed by atoms with E-state index in [1.54, 1.807) is 107 Å². The highest BCUT2D eigenvalue weighted by Gasteiger charge is 2.47. The van der Waals surface area contributed by atoms with Gasteiger partial charge in [0, 0.05) is 107 Å². The molecule has 0 aliphatic carbocycles. The number of carbonyl (C=O) groups is 8. The van der Waals surface area contributed by atoms with E-state index in [0.29, 0.717) is 34.1 Å². The standard InChI is InChI=1S/C86H80N6O12/c1-11-89(41-39-87-79(93)49(3)4)85(99)65(43-55-19-15-13-16-20-55)91-81(95)61-45-67(101-57-31-23-51(7)24-32-57)73-75-69(103-59-35-27-53(9)28-36-59)47-63-72-64(84(98)92(83(63)97)66(44-56-21-17-14-18-22-56)86(100)90(12-2)42-40-88-80(94)50(5)6)48-70(104-60-37-29-54(10)30-38-60)76(78(72)75)74-68(102-58-33-25-52(8)26-34-58)46-62(82(91)96)71(61)77(73)74/h13-38,45-48,50,65-66H,3,11-12,39-44H2,1-2,4-10H3,(H,87,93)(H,88,94). The van der Waals surface area contributed by atoms with Gasteiger partial charge in [-0.3, -0.25) is 48.2 Å². The second-order valence-corrected chi connectivity index (χ2v) is 27.0. The highest BCUT2D eigenvalue weighted by Crippen LogP contribution is 2.58. The number of ether oxygens (including phenoxy) is 4. The largest absolute Gasteiger partial charge is 0.457 e. The fourth-order valence-corrected chi connectivity index (χ4v) is 13.9. The molecule has 18 heteroatoms. The van der Waals surface area contributed by atoms with E-state index in [1.165, 1.54) is 9.80 Å². The SMILES string of the molecule is C=C(C)C(=O)NCCN(CC)C(=O)C(Cc1ccccc1)N1C(=O)c2cc(Oc3ccc(C)cc3)c3c4c(Oc5ccc(C)cc5)cc5c6c(cc(Oc7ccc(C)cc7)c(c7c(Oc8ccc(C)cc8)cc(c2c37)C1=O)c64)C(=O)N(C(Cc1ccccc1)C(=O)N(CC)CCNC(=O)C(C)C)C5=O. The molecule has 2 atom stereocenters. The number of nitrogens with zero attached hydrogens (tertiary/aromatic N) is 4. The Morgan fingerprint density at radius 2 is 0.702 bits per heavy atom. The van der Waals surface area contributed by atoms with Gasteiger partial charge in [-0.15, -0.1) is 0 Å². The molecule has 0 spiro atoms. The Hall–Kier alpha value is -12.2. The average molecular weight is 1390 g/mol. The van der Waals surface area contributed by atoms with Crippen LogP contribution in [0.25, 0.3) is 43.1 Å². The molecule has 0 radical (unpaired) electrons. The predicted molar refractivity (Wildman–Crippen MR) is 402 cm³/mol. The smallest absolute Gasteiger partial charge is 0.262 e. The van der Waals surface area contributed by atoms with Crippen molar-refractivity contribution in [2.45, 2.75) is 87.2 Å². The first-order valence-electron chi connectivity index (χ1n) is 35.1. The lowest BCUT2D eigenvalue weighted by molar-refractivity contribution is -0.136. The molecule has 8 amide bonds. The van der Waals surface area contributed by atoms with E-state index in [9.17, 15) is 9.59 Å². The normalized spacial score (nSPS) is 13.2. The minimum atomic E-state index is -1.45. The summed E-state index contributed by atoms with van der Waals surface area (Å²) in [6.45, 7) is 20.8. The number of hydrogen-bond donors (Lipinski definition) is 2. The van der Waals surface area contributed by atoms with Crippen molar-refractivity contribution in [1.29, 1.82) is 0 Å². The van der Waals surface area contributed by atoms with Crippen LogP contribution in [0.2, 0.25) is 0 Å². The molecule has 11 aromatic carbocycles. The third kappa shape index (κ3) is 13.7. The summed E-state index contributed by atoms with van der Waals surface area (Å²) in [7, 11) is 0. The maximum absolute atomic E-state index is 16.6. The van der Waals surface area contributed by atoms with Gasteiger partial charge in [-0.1, -0.05) is 152 Å². The Morgan fingerprint density at radius 1 is 0.413 bits per heavy atom. The Morgan fingerprint density at radius 3 is 0.971 bits per heavy atom. The lowest BCUT2D eigenvalue weighted by atomic mass is 9.80. The lowest BCUT2D eigenvalue weighted by Crippen LogP contribution is -2.56. The van der Waals surface area contributed by atoms with Crippen LogP contribution < -0.4 is 29.6 Å². The first-order chi connectivity index (χ1) is 50.1. The van der Waals surface area contributed by atoms with Gasteiger partial charge in [-0.2, -0.15) is 0 Å². The average Bonchev–Trinajstić information content (AvgIpc) is 0.671. The van der Waals surface area contributed by atoms with Gasteiger partial charge in [0.25, 0.3) is 23.6 Å². The maximum Gasteiger partial charge on any atom is 0.262 e. The molecular formula is C86H80N6O12. The number of hydrogen-bond acceptors (Lipinski definition) is 12. The molecule has 2 heterocycles. The second kappa shape index (κ2) is 29.4. The Labute approximate surface area is 603 Å². The van der Waals surface area contributed by atoms with Crippen LogP contribution in [0.15, 0.2) is 194 Å². The molecule has 2 unspecified atom stereocenters. The van der Waals surface area contributed by atoms with Gasteiger partial charge in [-0.05, 0) is 132 Å². The molecule has 18 nitrogen and oxygen atoms in total. The van der Waals surface area contributed by atoms with Gasteiger partial charge in [0.1, 0.15) is 58.1 Å². The zero-order valence-electron chi connectivity index (χ0n) is 59.6. The summed E-state index contributed by atoms with van der Waals surface area (Å²) in [5.41, 5.74) is 5.26. The summed E-state index contributed by atoms with van der Waals surface area (Å²) in [6.07, 6.45) is -0.174. The first-order valence-corrected chi connectivity index (χ1v) is 35.1. The quantitative estimate of drug-likeness (QED) is 0.0224. The maximum atomic E-state index is 16.6. The summed E-state index contributed by atoms with van der Waals surface area (Å²) in [5.74, 6) is -3.59. The first kappa shape index (κ1) is 70.3. The van der Waals surface area contributed by atoms with Crippen molar-refractivity contribution in [3.05, 3.63) is 250 Å². The van der Waals surface area contributed by atoms with Crippen molar-refractivity contribution in [2.75, 3.05) is 39.3 Å². The van der Waals surface area contributed by atoms with E-state index in [-0.39, 0.29) is 158 Å². The number of rotatable bonds is 26. The minimum absolute atomic E-state index is 0.00722. The van der Waals surface area contributed by atoms with Crippen molar-refractivity contribution >= 4 is 90.3 Å². The predicted octanol–water partition coefficient (Wildman–Crippen LogP) is 15.7. The summed E-state index contributed by atoms with van der Waals surface area (Å²) in [5, 5.41) is 7.71. The molecule has 0 saturated carbocycles. The van der Waals surface area contributed by atoms with Gasteiger partial charge in [-0.25, -0.2) is 0 Å². The Kier molecular flexibility index (Phi) is 19.9. The van der Waals surface area contributed by atoms with Crippen LogP contribution in [0.4, 0.5) is 0 Å². The van der Waals surface area contributed by atoms with E-state index in [0.717, 1.165) is 32.1 Å². The van der Waals surface area contributed by atoms with Gasteiger partial charge in [0.05, 0.1) is 22.3 Å². The molecule has 0 bridgehead atoms. The molecule has 0 saturated heterocycles. The van der Waals surface area contributed by atoms with Crippen molar-refractivity contribution in [1.82, 2.24) is 30.2 Å². The number of amides is 8. The fourth-order valence-electron chi connectivity index (χ4n) is 13.9. The zero-order chi connectivity index (χ0) is 73.4. The van der Waals surface area contributed by atoms with Gasteiger partial charge in [0.2, 0.25) is 23.6 Å². The minimum Gasteiger partial charge on any atom is -0.457 e. The number of likely N-dealkylation sites (N-methyl/N-ethyl adjacent to an activating group) is 2. The molecular weight excluding hydrogens is 1310 g/mol. The number of benzene rings is 11. The Bertz CT molecular complexity index is 5010. The highest BCUT2D eigenvalue weighted by atomic mass is 16.5. The van der Waals surface area contributed by atoms with Crippen LogP contribution >= 0.6 is 0 Å². The Balaban J connectivity index is 1.15. The van der Waals surface area contributed by atoms with Crippen molar-refractivity contribution < 1.29 is 57.3 Å². The molecule has 13 rings (SSSR count). The van der Waals surface area contributed by atoms with Crippen molar-refractivity contribution in [3.8, 4) is 46.0 Å². The number of fused-ring (bicyclic) bond motifs is 2. The van der Waals surface area contributed by atoms with Crippen LogP contribution in [0.1, 0.15) is 109 Å². The van der Waals surface area contributed by atoms with Crippen LogP contribution in [0, 0.1) is 33.6 Å². The van der Waals surface area contributed by atoms with Crippen LogP contribution in [0.5, 0.6) is 46.0 Å². The van der Waals surface area contributed by atoms with Crippen LogP contribution in [0.3, 0.4) is 0 Å². The number of imide groups is 2. The molecule has 104 heavy (non-hydrogen) atoms. The molecule has 0 fully saturated rings. The third-order valence-corrected chi connectivity index (χ3v) is 19.3. The van der Waals surface area contributed by atoms with E-state index >= 15 is 28.8 Å². The van der Waals surface area contributed by atoms with Crippen molar-refractivity contribution in [3.63, 3.8) is 0 Å². The second-order valence-electron chi connectivity index (χ2n) is 27.0. The molecule has 2 N–H and O–H groups in total. The topological polar surface area (TPSA) is 210 Å². The molecule has 526 valence electrons. The monoisotopic (exact) mass is 1390 g/mol. The zero-order valence-corrected chi connectivity index (χ0v) is 59.6. The molecule has 11 aromatic rings. The fraction of sp³-hybridized carbons (Fsp3) is 0.233. The summed E-state index contributed by atoms with van der Waals surface area (Å²) >= 11 is 0. The van der Waals surface area contributed by atoms with E-state index in [2.05, 4.69) is 17.2 Å². The molecule has 2 aliphatic heterocycles. The highest BCUT2D eigenvalue weighted by molar-refractivity contribution is 6.45. The number of carbonyl (C=O) groups excluding carboxylic acids is 8. The van der Waals surface area contributed by atoms with Crippen LogP contribution in [-0.2, 0) is 32.0 Å². The molecule has 2 aliphatic rings. The lowest BCUT2D eigenvalue weighted by Gasteiger charge is -2.37. The van der Waals surface area contributed by atoms with Gasteiger partial charge in [0.15, 0.2) is 0 Å².